The molecular formula is C14H19NOS. The van der Waals surface area contributed by atoms with E-state index in [0.29, 0.717) is 6.04 Å². The van der Waals surface area contributed by atoms with Crippen LogP contribution in [0.2, 0.25) is 0 Å². The van der Waals surface area contributed by atoms with Crippen molar-refractivity contribution in [1.82, 2.24) is 5.32 Å². The number of carbonyl (C=O) groups is 1. The van der Waals surface area contributed by atoms with Gasteiger partial charge in [-0.25, -0.2) is 0 Å². The lowest BCUT2D eigenvalue weighted by molar-refractivity contribution is 0.0940. The third-order valence-electron chi connectivity index (χ3n) is 3.91. The monoisotopic (exact) mass is 249 g/mol. The Hall–Kier alpha value is -0.830. The molecule has 0 spiro atoms. The molecule has 3 rings (SSSR count). The Bertz CT molecular complexity index is 410. The summed E-state index contributed by atoms with van der Waals surface area (Å²) in [7, 11) is 0. The number of amides is 1. The van der Waals surface area contributed by atoms with E-state index in [4.69, 9.17) is 0 Å². The SMILES string of the molecule is CC(NC(=O)c1cc2c(s1)CCCC2)C1CC1. The van der Waals surface area contributed by atoms with Crippen LogP contribution in [0.5, 0.6) is 0 Å². The molecule has 0 bridgehead atoms. The van der Waals surface area contributed by atoms with E-state index < -0.39 is 0 Å². The first kappa shape index (κ1) is 11.3. The fourth-order valence-corrected chi connectivity index (χ4v) is 3.75. The number of hydrogen-bond donors (Lipinski definition) is 1. The van der Waals surface area contributed by atoms with Crippen molar-refractivity contribution in [2.75, 3.05) is 0 Å². The van der Waals surface area contributed by atoms with Gasteiger partial charge in [0.1, 0.15) is 0 Å². The van der Waals surface area contributed by atoms with E-state index in [1.54, 1.807) is 11.3 Å². The molecule has 1 atom stereocenters. The molecule has 0 aliphatic heterocycles. The number of aryl methyl sites for hydroxylation is 2. The Morgan fingerprint density at radius 1 is 1.41 bits per heavy atom. The van der Waals surface area contributed by atoms with Gasteiger partial charge in [0, 0.05) is 10.9 Å². The molecule has 0 aromatic carbocycles. The maximum absolute atomic E-state index is 12.1. The highest BCUT2D eigenvalue weighted by Gasteiger charge is 2.29. The van der Waals surface area contributed by atoms with Crippen LogP contribution in [-0.2, 0) is 12.8 Å². The van der Waals surface area contributed by atoms with Crippen molar-refractivity contribution in [2.45, 2.75) is 51.5 Å². The van der Waals surface area contributed by atoms with Gasteiger partial charge in [-0.3, -0.25) is 4.79 Å². The highest BCUT2D eigenvalue weighted by atomic mass is 32.1. The average molecular weight is 249 g/mol. The first-order valence-corrected chi connectivity index (χ1v) is 7.48. The highest BCUT2D eigenvalue weighted by molar-refractivity contribution is 7.14. The van der Waals surface area contributed by atoms with E-state index in [0.717, 1.165) is 17.2 Å². The second-order valence-electron chi connectivity index (χ2n) is 5.37. The molecule has 1 fully saturated rings. The molecule has 1 aromatic heterocycles. The largest absolute Gasteiger partial charge is 0.349 e. The summed E-state index contributed by atoms with van der Waals surface area (Å²) < 4.78 is 0. The molecule has 1 saturated carbocycles. The van der Waals surface area contributed by atoms with Crippen molar-refractivity contribution < 1.29 is 4.79 Å². The predicted octanol–water partition coefficient (Wildman–Crippen LogP) is 3.16. The van der Waals surface area contributed by atoms with Crippen LogP contribution in [0.1, 0.15) is 52.7 Å². The number of thiophene rings is 1. The topological polar surface area (TPSA) is 29.1 Å². The summed E-state index contributed by atoms with van der Waals surface area (Å²) in [6, 6.07) is 2.47. The molecule has 1 unspecified atom stereocenters. The van der Waals surface area contributed by atoms with Crippen molar-refractivity contribution in [3.8, 4) is 0 Å². The Balaban J connectivity index is 1.70. The maximum atomic E-state index is 12.1. The zero-order chi connectivity index (χ0) is 11.8. The summed E-state index contributed by atoms with van der Waals surface area (Å²) in [6.07, 6.45) is 7.46. The molecular weight excluding hydrogens is 230 g/mol. The van der Waals surface area contributed by atoms with Gasteiger partial charge in [-0.2, -0.15) is 0 Å². The quantitative estimate of drug-likeness (QED) is 0.876. The van der Waals surface area contributed by atoms with E-state index >= 15 is 0 Å². The zero-order valence-electron chi connectivity index (χ0n) is 10.3. The molecule has 17 heavy (non-hydrogen) atoms. The van der Waals surface area contributed by atoms with E-state index in [1.807, 2.05) is 0 Å². The minimum absolute atomic E-state index is 0.142. The Morgan fingerprint density at radius 3 is 2.88 bits per heavy atom. The van der Waals surface area contributed by atoms with Crippen LogP contribution < -0.4 is 5.32 Å². The fraction of sp³-hybridized carbons (Fsp3) is 0.643. The van der Waals surface area contributed by atoms with Gasteiger partial charge in [0.25, 0.3) is 5.91 Å². The molecule has 0 radical (unpaired) electrons. The van der Waals surface area contributed by atoms with Gasteiger partial charge in [0.05, 0.1) is 4.88 Å². The number of carbonyl (C=O) groups excluding carboxylic acids is 1. The van der Waals surface area contributed by atoms with Crippen LogP contribution in [0.3, 0.4) is 0 Å². The Labute approximate surface area is 106 Å². The standard InChI is InChI=1S/C14H19NOS/c1-9(10-6-7-10)15-14(16)13-8-11-4-2-3-5-12(11)17-13/h8-10H,2-7H2,1H3,(H,15,16). The summed E-state index contributed by atoms with van der Waals surface area (Å²) in [5.41, 5.74) is 1.42. The van der Waals surface area contributed by atoms with Crippen LogP contribution in [0.4, 0.5) is 0 Å². The third-order valence-corrected chi connectivity index (χ3v) is 5.14. The minimum atomic E-state index is 0.142. The third kappa shape index (κ3) is 2.39. The van der Waals surface area contributed by atoms with Crippen molar-refractivity contribution in [3.63, 3.8) is 0 Å². The van der Waals surface area contributed by atoms with Crippen molar-refractivity contribution in [1.29, 1.82) is 0 Å². The van der Waals surface area contributed by atoms with Gasteiger partial charge < -0.3 is 5.32 Å². The molecule has 2 aliphatic rings. The van der Waals surface area contributed by atoms with Gasteiger partial charge in [0.2, 0.25) is 0 Å². The summed E-state index contributed by atoms with van der Waals surface area (Å²) in [5.74, 6) is 0.873. The number of rotatable bonds is 3. The molecule has 1 heterocycles. The van der Waals surface area contributed by atoms with E-state index in [1.165, 1.54) is 42.5 Å². The maximum Gasteiger partial charge on any atom is 0.261 e. The number of hydrogen-bond acceptors (Lipinski definition) is 2. The van der Waals surface area contributed by atoms with Gasteiger partial charge in [0.15, 0.2) is 0 Å². The Kier molecular flexibility index (Phi) is 2.95. The van der Waals surface area contributed by atoms with Gasteiger partial charge in [-0.05, 0) is 63.0 Å². The second kappa shape index (κ2) is 4.45. The molecule has 1 aromatic rings. The second-order valence-corrected chi connectivity index (χ2v) is 6.50. The number of fused-ring (bicyclic) bond motifs is 1. The first-order chi connectivity index (χ1) is 8.24. The lowest BCUT2D eigenvalue weighted by Crippen LogP contribution is -2.33. The van der Waals surface area contributed by atoms with Crippen LogP contribution in [-0.4, -0.2) is 11.9 Å². The minimum Gasteiger partial charge on any atom is -0.349 e. The average Bonchev–Trinajstić information content (AvgIpc) is 3.08. The lowest BCUT2D eigenvalue weighted by Gasteiger charge is -2.11. The summed E-state index contributed by atoms with van der Waals surface area (Å²) in [5, 5.41) is 3.14. The first-order valence-electron chi connectivity index (χ1n) is 6.66. The van der Waals surface area contributed by atoms with Crippen LogP contribution >= 0.6 is 11.3 Å². The van der Waals surface area contributed by atoms with Gasteiger partial charge in [-0.15, -0.1) is 11.3 Å². The number of nitrogens with one attached hydrogen (secondary N) is 1. The molecule has 1 amide bonds. The molecule has 3 heteroatoms. The van der Waals surface area contributed by atoms with E-state index in [9.17, 15) is 4.79 Å². The predicted molar refractivity (Wildman–Crippen MR) is 70.6 cm³/mol. The molecule has 2 nitrogen and oxygen atoms in total. The summed E-state index contributed by atoms with van der Waals surface area (Å²) >= 11 is 1.71. The molecule has 2 aliphatic carbocycles. The smallest absolute Gasteiger partial charge is 0.261 e. The Morgan fingerprint density at radius 2 is 2.18 bits per heavy atom. The fourth-order valence-electron chi connectivity index (χ4n) is 2.59. The normalized spacial score (nSPS) is 20.8. The van der Waals surface area contributed by atoms with Crippen molar-refractivity contribution in [3.05, 3.63) is 21.4 Å². The summed E-state index contributed by atoms with van der Waals surface area (Å²) in [6.45, 7) is 2.13. The zero-order valence-corrected chi connectivity index (χ0v) is 11.1. The van der Waals surface area contributed by atoms with Crippen LogP contribution in [0.15, 0.2) is 6.07 Å². The molecule has 1 N–H and O–H groups in total. The van der Waals surface area contributed by atoms with Gasteiger partial charge >= 0.3 is 0 Å². The van der Waals surface area contributed by atoms with Crippen LogP contribution in [0, 0.1) is 5.92 Å². The lowest BCUT2D eigenvalue weighted by atomic mass is 9.99. The summed E-state index contributed by atoms with van der Waals surface area (Å²) in [4.78, 5) is 14.5. The van der Waals surface area contributed by atoms with Crippen molar-refractivity contribution >= 4 is 17.2 Å². The highest BCUT2D eigenvalue weighted by Crippen LogP contribution is 2.33. The van der Waals surface area contributed by atoms with E-state index in [-0.39, 0.29) is 5.91 Å². The van der Waals surface area contributed by atoms with Gasteiger partial charge in [-0.1, -0.05) is 0 Å². The molecule has 92 valence electrons. The van der Waals surface area contributed by atoms with Crippen molar-refractivity contribution in [2.24, 2.45) is 5.92 Å². The molecule has 0 saturated heterocycles. The van der Waals surface area contributed by atoms with E-state index in [2.05, 4.69) is 18.3 Å². The van der Waals surface area contributed by atoms with Crippen LogP contribution in [0.25, 0.3) is 0 Å².